The average Bonchev–Trinajstić information content (AvgIpc) is 2.44. The molecule has 0 spiro atoms. The molecule has 0 atom stereocenters. The first-order valence-electron chi connectivity index (χ1n) is 6.70. The van der Waals surface area contributed by atoms with Gasteiger partial charge in [-0.1, -0.05) is 37.3 Å². The summed E-state index contributed by atoms with van der Waals surface area (Å²) in [4.78, 5) is 11.4. The SMILES string of the molecule is CCCNC(=O)CCS(=O)(=O)N(C)Cc1ccccc1. The summed E-state index contributed by atoms with van der Waals surface area (Å²) in [5, 5.41) is 2.67. The quantitative estimate of drug-likeness (QED) is 0.788. The van der Waals surface area contributed by atoms with Gasteiger partial charge in [-0.25, -0.2) is 12.7 Å². The standard InChI is InChI=1S/C14H22N2O3S/c1-3-10-15-14(17)9-11-20(18,19)16(2)12-13-7-5-4-6-8-13/h4-8H,3,9-12H2,1-2H3,(H,15,17). The number of nitrogens with zero attached hydrogens (tertiary/aromatic N) is 1. The molecule has 0 saturated carbocycles. The zero-order valence-electron chi connectivity index (χ0n) is 12.0. The van der Waals surface area contributed by atoms with Crippen molar-refractivity contribution in [2.75, 3.05) is 19.3 Å². The summed E-state index contributed by atoms with van der Waals surface area (Å²) in [5.41, 5.74) is 0.925. The average molecular weight is 298 g/mol. The van der Waals surface area contributed by atoms with Gasteiger partial charge in [0.05, 0.1) is 5.75 Å². The summed E-state index contributed by atoms with van der Waals surface area (Å²) >= 11 is 0. The van der Waals surface area contributed by atoms with Crippen LogP contribution in [0.4, 0.5) is 0 Å². The number of rotatable bonds is 8. The van der Waals surface area contributed by atoms with E-state index >= 15 is 0 Å². The first-order chi connectivity index (χ1) is 9.45. The molecule has 0 bridgehead atoms. The second-order valence-electron chi connectivity index (χ2n) is 4.66. The monoisotopic (exact) mass is 298 g/mol. The van der Waals surface area contributed by atoms with Crippen molar-refractivity contribution in [2.24, 2.45) is 0 Å². The van der Waals surface area contributed by atoms with E-state index in [4.69, 9.17) is 0 Å². The van der Waals surface area contributed by atoms with Gasteiger partial charge in [0.1, 0.15) is 0 Å². The van der Waals surface area contributed by atoms with Crippen LogP contribution >= 0.6 is 0 Å². The molecule has 0 fully saturated rings. The van der Waals surface area contributed by atoms with Crippen LogP contribution in [0.5, 0.6) is 0 Å². The van der Waals surface area contributed by atoms with Gasteiger partial charge in [-0.3, -0.25) is 4.79 Å². The number of hydrogen-bond acceptors (Lipinski definition) is 3. The molecule has 0 unspecified atom stereocenters. The fourth-order valence-corrected chi connectivity index (χ4v) is 2.77. The summed E-state index contributed by atoms with van der Waals surface area (Å²) in [6.07, 6.45) is 0.841. The van der Waals surface area contributed by atoms with Crippen LogP contribution in [0.3, 0.4) is 0 Å². The number of hydrogen-bond donors (Lipinski definition) is 1. The number of sulfonamides is 1. The van der Waals surface area contributed by atoms with Gasteiger partial charge >= 0.3 is 0 Å². The van der Waals surface area contributed by atoms with Crippen molar-refractivity contribution >= 4 is 15.9 Å². The molecule has 0 aromatic heterocycles. The van der Waals surface area contributed by atoms with E-state index in [0.29, 0.717) is 13.1 Å². The van der Waals surface area contributed by atoms with Gasteiger partial charge in [0, 0.05) is 26.6 Å². The lowest BCUT2D eigenvalue weighted by Crippen LogP contribution is -2.32. The fourth-order valence-electron chi connectivity index (χ4n) is 1.67. The molecule has 112 valence electrons. The van der Waals surface area contributed by atoms with E-state index in [0.717, 1.165) is 12.0 Å². The van der Waals surface area contributed by atoms with Gasteiger partial charge in [-0.05, 0) is 12.0 Å². The van der Waals surface area contributed by atoms with Crippen LogP contribution in [0.2, 0.25) is 0 Å². The van der Waals surface area contributed by atoms with Crippen molar-refractivity contribution in [1.29, 1.82) is 0 Å². The number of carbonyl (C=O) groups is 1. The predicted octanol–water partition coefficient (Wildman–Crippen LogP) is 1.36. The van der Waals surface area contributed by atoms with E-state index in [1.165, 1.54) is 11.4 Å². The molecule has 0 aliphatic rings. The molecule has 1 rings (SSSR count). The molecule has 0 radical (unpaired) electrons. The van der Waals surface area contributed by atoms with Crippen molar-refractivity contribution in [3.05, 3.63) is 35.9 Å². The highest BCUT2D eigenvalue weighted by Crippen LogP contribution is 2.08. The number of amides is 1. The van der Waals surface area contributed by atoms with Gasteiger partial charge in [0.25, 0.3) is 0 Å². The first kappa shape index (κ1) is 16.7. The molecule has 0 aliphatic carbocycles. The molecule has 5 nitrogen and oxygen atoms in total. The molecule has 0 saturated heterocycles. The lowest BCUT2D eigenvalue weighted by Gasteiger charge is -2.17. The highest BCUT2D eigenvalue weighted by molar-refractivity contribution is 7.89. The third-order valence-electron chi connectivity index (χ3n) is 2.88. The van der Waals surface area contributed by atoms with Crippen LogP contribution in [0.1, 0.15) is 25.3 Å². The molecule has 0 heterocycles. The highest BCUT2D eigenvalue weighted by atomic mass is 32.2. The Morgan fingerprint density at radius 3 is 2.50 bits per heavy atom. The van der Waals surface area contributed by atoms with E-state index in [-0.39, 0.29) is 18.1 Å². The lowest BCUT2D eigenvalue weighted by molar-refractivity contribution is -0.120. The minimum atomic E-state index is -3.41. The second-order valence-corrected chi connectivity index (χ2v) is 6.85. The van der Waals surface area contributed by atoms with E-state index in [1.807, 2.05) is 37.3 Å². The summed E-state index contributed by atoms with van der Waals surface area (Å²) in [5.74, 6) is -0.380. The largest absolute Gasteiger partial charge is 0.356 e. The topological polar surface area (TPSA) is 66.5 Å². The van der Waals surface area contributed by atoms with E-state index in [1.54, 1.807) is 0 Å². The molecular formula is C14H22N2O3S. The van der Waals surface area contributed by atoms with Crippen molar-refractivity contribution in [1.82, 2.24) is 9.62 Å². The molecular weight excluding hydrogens is 276 g/mol. The Balaban J connectivity index is 2.49. The van der Waals surface area contributed by atoms with Gasteiger partial charge in [0.2, 0.25) is 15.9 Å². The number of nitrogens with one attached hydrogen (secondary N) is 1. The van der Waals surface area contributed by atoms with Crippen molar-refractivity contribution in [2.45, 2.75) is 26.3 Å². The lowest BCUT2D eigenvalue weighted by atomic mass is 10.2. The zero-order chi connectivity index (χ0) is 15.0. The van der Waals surface area contributed by atoms with Gasteiger partial charge < -0.3 is 5.32 Å². The van der Waals surface area contributed by atoms with E-state index in [2.05, 4.69) is 5.32 Å². The number of benzene rings is 1. The first-order valence-corrected chi connectivity index (χ1v) is 8.31. The third-order valence-corrected chi connectivity index (χ3v) is 4.68. The third kappa shape index (κ3) is 5.71. The molecule has 20 heavy (non-hydrogen) atoms. The molecule has 1 aromatic rings. The Bertz CT molecular complexity index is 514. The molecule has 0 aliphatic heterocycles. The Hall–Kier alpha value is -1.40. The zero-order valence-corrected chi connectivity index (χ0v) is 12.8. The maximum atomic E-state index is 12.1. The van der Waals surface area contributed by atoms with Crippen molar-refractivity contribution in [3.63, 3.8) is 0 Å². The number of carbonyl (C=O) groups excluding carboxylic acids is 1. The summed E-state index contributed by atoms with van der Waals surface area (Å²) in [6.45, 7) is 2.85. The Labute approximate surface area is 121 Å². The van der Waals surface area contributed by atoms with Crippen LogP contribution in [0.25, 0.3) is 0 Å². The van der Waals surface area contributed by atoms with Crippen LogP contribution in [0, 0.1) is 0 Å². The summed E-state index contributed by atoms with van der Waals surface area (Å²) < 4.78 is 25.4. The molecule has 1 amide bonds. The maximum absolute atomic E-state index is 12.1. The maximum Gasteiger partial charge on any atom is 0.221 e. The fraction of sp³-hybridized carbons (Fsp3) is 0.500. The smallest absolute Gasteiger partial charge is 0.221 e. The van der Waals surface area contributed by atoms with Gasteiger partial charge in [-0.2, -0.15) is 0 Å². The molecule has 6 heteroatoms. The Morgan fingerprint density at radius 1 is 1.25 bits per heavy atom. The minimum Gasteiger partial charge on any atom is -0.356 e. The normalized spacial score (nSPS) is 11.6. The summed E-state index contributed by atoms with van der Waals surface area (Å²) in [7, 11) is -1.87. The van der Waals surface area contributed by atoms with E-state index < -0.39 is 10.0 Å². The van der Waals surface area contributed by atoms with Crippen molar-refractivity contribution < 1.29 is 13.2 Å². The van der Waals surface area contributed by atoms with Crippen LogP contribution in [-0.2, 0) is 21.4 Å². The second kappa shape index (κ2) is 8.01. The Kier molecular flexibility index (Phi) is 6.67. The van der Waals surface area contributed by atoms with Gasteiger partial charge in [-0.15, -0.1) is 0 Å². The van der Waals surface area contributed by atoms with Crippen LogP contribution in [0.15, 0.2) is 30.3 Å². The van der Waals surface area contributed by atoms with Crippen molar-refractivity contribution in [3.8, 4) is 0 Å². The predicted molar refractivity (Wildman–Crippen MR) is 79.6 cm³/mol. The van der Waals surface area contributed by atoms with E-state index in [9.17, 15) is 13.2 Å². The Morgan fingerprint density at radius 2 is 1.90 bits per heavy atom. The molecule has 1 N–H and O–H groups in total. The molecule has 1 aromatic carbocycles. The van der Waals surface area contributed by atoms with Gasteiger partial charge in [0.15, 0.2) is 0 Å². The van der Waals surface area contributed by atoms with Crippen LogP contribution in [-0.4, -0.2) is 38.0 Å². The summed E-state index contributed by atoms with van der Waals surface area (Å²) in [6, 6.07) is 9.37. The minimum absolute atomic E-state index is 0.00145. The highest BCUT2D eigenvalue weighted by Gasteiger charge is 2.19. The van der Waals surface area contributed by atoms with Crippen LogP contribution < -0.4 is 5.32 Å².